The fourth-order valence-corrected chi connectivity index (χ4v) is 5.54. The van der Waals surface area contributed by atoms with Crippen molar-refractivity contribution in [2.75, 3.05) is 11.5 Å². The first kappa shape index (κ1) is 15.3. The number of hydrogen-bond donors (Lipinski definition) is 1. The molecule has 2 rings (SSSR count). The molecule has 2 bridgehead atoms. The van der Waals surface area contributed by atoms with Crippen molar-refractivity contribution in [1.29, 1.82) is 0 Å². The molecule has 4 heteroatoms. The summed E-state index contributed by atoms with van der Waals surface area (Å²) in [6.45, 7) is 8.20. The van der Waals surface area contributed by atoms with Gasteiger partial charge in [0, 0.05) is 5.75 Å². The molecule has 0 heterocycles. The van der Waals surface area contributed by atoms with Gasteiger partial charge in [-0.25, -0.2) is 8.42 Å². The van der Waals surface area contributed by atoms with E-state index < -0.39 is 15.4 Å². The average molecular weight is 288 g/mol. The van der Waals surface area contributed by atoms with Crippen molar-refractivity contribution in [3.05, 3.63) is 0 Å². The van der Waals surface area contributed by atoms with Crippen molar-refractivity contribution < 1.29 is 13.5 Å². The van der Waals surface area contributed by atoms with Gasteiger partial charge in [-0.2, -0.15) is 0 Å². The van der Waals surface area contributed by atoms with Crippen LogP contribution in [-0.4, -0.2) is 30.6 Å². The van der Waals surface area contributed by atoms with Gasteiger partial charge >= 0.3 is 0 Å². The van der Waals surface area contributed by atoms with E-state index in [2.05, 4.69) is 20.8 Å². The minimum Gasteiger partial charge on any atom is -0.389 e. The summed E-state index contributed by atoms with van der Waals surface area (Å²) in [5.74, 6) is 1.00. The van der Waals surface area contributed by atoms with Crippen molar-refractivity contribution in [2.45, 2.75) is 65.4 Å². The molecule has 0 spiro atoms. The van der Waals surface area contributed by atoms with E-state index in [-0.39, 0.29) is 22.3 Å². The van der Waals surface area contributed by atoms with E-state index in [0.717, 1.165) is 12.8 Å². The van der Waals surface area contributed by atoms with E-state index >= 15 is 0 Å². The van der Waals surface area contributed by atoms with Gasteiger partial charge in [-0.1, -0.05) is 27.7 Å². The van der Waals surface area contributed by atoms with Gasteiger partial charge in [-0.05, 0) is 48.9 Å². The van der Waals surface area contributed by atoms with Gasteiger partial charge in [-0.15, -0.1) is 0 Å². The van der Waals surface area contributed by atoms with Crippen molar-refractivity contribution in [2.24, 2.45) is 16.7 Å². The normalized spacial score (nSPS) is 40.8. The zero-order chi connectivity index (χ0) is 14.5. The molecule has 0 saturated heterocycles. The topological polar surface area (TPSA) is 54.4 Å². The van der Waals surface area contributed by atoms with Gasteiger partial charge in [0.15, 0.2) is 0 Å². The van der Waals surface area contributed by atoms with E-state index in [0.29, 0.717) is 18.8 Å². The van der Waals surface area contributed by atoms with Crippen molar-refractivity contribution in [3.63, 3.8) is 0 Å². The molecule has 2 saturated carbocycles. The second-order valence-electron chi connectivity index (χ2n) is 7.42. The van der Waals surface area contributed by atoms with Crippen LogP contribution in [0.15, 0.2) is 0 Å². The summed E-state index contributed by atoms with van der Waals surface area (Å²) >= 11 is 0. The zero-order valence-corrected chi connectivity index (χ0v) is 13.5. The molecule has 2 aliphatic rings. The van der Waals surface area contributed by atoms with Gasteiger partial charge in [0.2, 0.25) is 0 Å². The largest absolute Gasteiger partial charge is 0.389 e. The molecule has 3 nitrogen and oxygen atoms in total. The molecule has 2 aliphatic carbocycles. The van der Waals surface area contributed by atoms with Gasteiger partial charge in [0.25, 0.3) is 0 Å². The predicted octanol–water partition coefficient (Wildman–Crippen LogP) is 2.78. The molecule has 0 aromatic carbocycles. The van der Waals surface area contributed by atoms with Crippen LogP contribution < -0.4 is 0 Å². The Bertz CT molecular complexity index is 447. The van der Waals surface area contributed by atoms with Crippen LogP contribution in [0.3, 0.4) is 0 Å². The molecule has 0 amide bonds. The van der Waals surface area contributed by atoms with Crippen LogP contribution >= 0.6 is 0 Å². The summed E-state index contributed by atoms with van der Waals surface area (Å²) in [6, 6.07) is 0. The maximum atomic E-state index is 11.6. The summed E-state index contributed by atoms with van der Waals surface area (Å²) in [5, 5.41) is 11.2. The highest BCUT2D eigenvalue weighted by Crippen LogP contribution is 2.69. The molecule has 19 heavy (non-hydrogen) atoms. The lowest BCUT2D eigenvalue weighted by Crippen LogP contribution is -2.54. The third-order valence-electron chi connectivity index (χ3n) is 6.26. The molecule has 3 atom stereocenters. The molecule has 112 valence electrons. The van der Waals surface area contributed by atoms with Gasteiger partial charge in [-0.3, -0.25) is 0 Å². The summed E-state index contributed by atoms with van der Waals surface area (Å²) < 4.78 is 23.2. The first-order valence-corrected chi connectivity index (χ1v) is 9.33. The third kappa shape index (κ3) is 2.15. The maximum absolute atomic E-state index is 11.6. The Morgan fingerprint density at radius 2 is 1.89 bits per heavy atom. The molecular formula is C15H28O3S. The Kier molecular flexibility index (Phi) is 3.59. The van der Waals surface area contributed by atoms with Gasteiger partial charge < -0.3 is 5.11 Å². The molecular weight excluding hydrogens is 260 g/mol. The fraction of sp³-hybridized carbons (Fsp3) is 1.00. The van der Waals surface area contributed by atoms with Crippen LogP contribution in [0.5, 0.6) is 0 Å². The number of fused-ring (bicyclic) bond motifs is 2. The third-order valence-corrected chi connectivity index (χ3v) is 8.05. The number of sulfone groups is 1. The number of hydrogen-bond acceptors (Lipinski definition) is 3. The van der Waals surface area contributed by atoms with Crippen LogP contribution in [0.4, 0.5) is 0 Å². The van der Waals surface area contributed by atoms with Crippen molar-refractivity contribution in [3.8, 4) is 0 Å². The first-order chi connectivity index (χ1) is 8.58. The standard InChI is InChI=1S/C15H28O3S/c1-5-19(17,18)10-6-8-15(16)13(2,3)12-7-9-14(15,4)11-12/h12,16H,5-11H2,1-4H3. The van der Waals surface area contributed by atoms with E-state index in [1.54, 1.807) is 6.92 Å². The summed E-state index contributed by atoms with van der Waals surface area (Å²) in [4.78, 5) is 0. The summed E-state index contributed by atoms with van der Waals surface area (Å²) in [5.41, 5.74) is -0.806. The van der Waals surface area contributed by atoms with Crippen molar-refractivity contribution >= 4 is 9.84 Å². The smallest absolute Gasteiger partial charge is 0.150 e. The quantitative estimate of drug-likeness (QED) is 0.846. The zero-order valence-electron chi connectivity index (χ0n) is 12.7. The van der Waals surface area contributed by atoms with Crippen LogP contribution in [-0.2, 0) is 9.84 Å². The first-order valence-electron chi connectivity index (χ1n) is 7.51. The Balaban J connectivity index is 2.10. The van der Waals surface area contributed by atoms with E-state index in [1.807, 2.05) is 0 Å². The molecule has 1 N–H and O–H groups in total. The lowest BCUT2D eigenvalue weighted by atomic mass is 9.59. The molecule has 3 unspecified atom stereocenters. The minimum absolute atomic E-state index is 0.0167. The Morgan fingerprint density at radius 1 is 1.26 bits per heavy atom. The lowest BCUT2D eigenvalue weighted by Gasteiger charge is -2.51. The highest BCUT2D eigenvalue weighted by atomic mass is 32.2. The van der Waals surface area contributed by atoms with Crippen LogP contribution in [0.1, 0.15) is 59.8 Å². The Labute approximate surface area is 117 Å². The van der Waals surface area contributed by atoms with E-state index in [1.165, 1.54) is 6.42 Å². The second-order valence-corrected chi connectivity index (χ2v) is 9.90. The predicted molar refractivity (Wildman–Crippen MR) is 77.7 cm³/mol. The molecule has 0 aromatic heterocycles. The SMILES string of the molecule is CCS(=O)(=O)CCCC1(O)C2(C)CCC(C2)C1(C)C. The molecule has 0 radical (unpaired) electrons. The second kappa shape index (κ2) is 4.45. The van der Waals surface area contributed by atoms with E-state index in [4.69, 9.17) is 0 Å². The summed E-state index contributed by atoms with van der Waals surface area (Å²) in [7, 11) is -2.92. The highest BCUT2D eigenvalue weighted by Gasteiger charge is 2.67. The summed E-state index contributed by atoms with van der Waals surface area (Å²) in [6.07, 6.45) is 4.58. The number of aliphatic hydroxyl groups is 1. The highest BCUT2D eigenvalue weighted by molar-refractivity contribution is 7.91. The lowest BCUT2D eigenvalue weighted by molar-refractivity contribution is -0.147. The molecule has 0 aliphatic heterocycles. The minimum atomic E-state index is -2.92. The molecule has 2 fully saturated rings. The Hall–Kier alpha value is -0.0900. The van der Waals surface area contributed by atoms with Crippen molar-refractivity contribution in [1.82, 2.24) is 0 Å². The number of rotatable bonds is 5. The van der Waals surface area contributed by atoms with Crippen LogP contribution in [0.25, 0.3) is 0 Å². The van der Waals surface area contributed by atoms with Crippen LogP contribution in [0.2, 0.25) is 0 Å². The molecule has 0 aromatic rings. The fourth-order valence-electron chi connectivity index (χ4n) is 4.66. The van der Waals surface area contributed by atoms with E-state index in [9.17, 15) is 13.5 Å². The monoisotopic (exact) mass is 288 g/mol. The van der Waals surface area contributed by atoms with Gasteiger partial charge in [0.1, 0.15) is 9.84 Å². The van der Waals surface area contributed by atoms with Crippen LogP contribution in [0, 0.1) is 16.7 Å². The maximum Gasteiger partial charge on any atom is 0.150 e. The Morgan fingerprint density at radius 3 is 2.37 bits per heavy atom. The van der Waals surface area contributed by atoms with Gasteiger partial charge in [0.05, 0.1) is 11.4 Å². The average Bonchev–Trinajstić information content (AvgIpc) is 2.77.